The third kappa shape index (κ3) is 8.66. The van der Waals surface area contributed by atoms with Crippen LogP contribution in [-0.2, 0) is 50.9 Å². The number of hydrogen-bond donors (Lipinski definition) is 4. The van der Waals surface area contributed by atoms with E-state index in [1.807, 2.05) is 17.0 Å². The number of likely N-dealkylation sites (tertiary alicyclic amines) is 2. The predicted molar refractivity (Wildman–Crippen MR) is 230 cm³/mol. The standard InChI is InChI=1S/C46H57N7O10/c1-26(58-3)37(50-44(56)60-5)42(54)52-20-8-11-35(52)40-33-10-7-9-32(33)39(49-40)31-18-14-29(15-19-31)28-12-16-30(17-13-28)34-24-47-41(48-34)36-23-46(62-21-22-63-46)25-53(36)43(55)38(27(2)59-4)51-45(57)61-6/h12-19,24,26-27,35-38,49H,7-11,20-23,25H2,1-6H3,(H,47,48)(H,50,56)(H,51,57)/t26-,27-,35+,36+,37+,38+/m1/s1. The number of carbonyl (C=O) groups excluding carboxylic acids is 4. The van der Waals surface area contributed by atoms with Crippen LogP contribution in [0.25, 0.3) is 33.6 Å². The van der Waals surface area contributed by atoms with E-state index in [-0.39, 0.29) is 24.4 Å². The van der Waals surface area contributed by atoms with Crippen molar-refractivity contribution in [3.05, 3.63) is 77.4 Å². The Hall–Kier alpha value is -5.75. The van der Waals surface area contributed by atoms with E-state index in [1.165, 1.54) is 39.6 Å². The van der Waals surface area contributed by atoms with Crippen molar-refractivity contribution in [3.8, 4) is 33.6 Å². The minimum absolute atomic E-state index is 0.133. The molecule has 6 atom stereocenters. The Morgan fingerprint density at radius 1 is 0.730 bits per heavy atom. The van der Waals surface area contributed by atoms with Crippen LogP contribution in [-0.4, -0.2) is 134 Å². The zero-order valence-electron chi connectivity index (χ0n) is 36.7. The smallest absolute Gasteiger partial charge is 0.407 e. The average Bonchev–Trinajstić information content (AvgIpc) is 4.18. The number of methoxy groups -OCH3 is 4. The maximum Gasteiger partial charge on any atom is 0.407 e. The predicted octanol–water partition coefficient (Wildman–Crippen LogP) is 5.43. The number of nitrogens with one attached hydrogen (secondary N) is 4. The Balaban J connectivity index is 0.986. The van der Waals surface area contributed by atoms with Crippen molar-refractivity contribution in [2.24, 2.45) is 0 Å². The molecule has 1 spiro atoms. The fourth-order valence-electron chi connectivity index (χ4n) is 9.57. The third-order valence-electron chi connectivity index (χ3n) is 13.1. The summed E-state index contributed by atoms with van der Waals surface area (Å²) < 4.78 is 32.6. The second-order valence-electron chi connectivity index (χ2n) is 16.7. The van der Waals surface area contributed by atoms with E-state index in [1.54, 1.807) is 24.9 Å². The minimum Gasteiger partial charge on any atom is -0.453 e. The van der Waals surface area contributed by atoms with Crippen molar-refractivity contribution in [1.29, 1.82) is 0 Å². The molecular weight excluding hydrogens is 811 g/mol. The summed E-state index contributed by atoms with van der Waals surface area (Å²) in [4.78, 5) is 67.9. The summed E-state index contributed by atoms with van der Waals surface area (Å²) in [5.74, 6) is -0.954. The van der Waals surface area contributed by atoms with Crippen molar-refractivity contribution in [2.45, 2.75) is 94.5 Å². The molecule has 5 heterocycles. The van der Waals surface area contributed by atoms with E-state index < -0.39 is 48.3 Å². The number of hydrogen-bond acceptors (Lipinski definition) is 11. The van der Waals surface area contributed by atoms with Gasteiger partial charge in [-0.25, -0.2) is 14.6 Å². The van der Waals surface area contributed by atoms with Crippen LogP contribution in [0, 0.1) is 0 Å². The van der Waals surface area contributed by atoms with E-state index in [4.69, 9.17) is 33.4 Å². The van der Waals surface area contributed by atoms with Crippen LogP contribution in [0.3, 0.4) is 0 Å². The van der Waals surface area contributed by atoms with Gasteiger partial charge in [0.25, 0.3) is 0 Å². The molecule has 3 aliphatic heterocycles. The van der Waals surface area contributed by atoms with Gasteiger partial charge in [-0.05, 0) is 79.3 Å². The van der Waals surface area contributed by atoms with Gasteiger partial charge in [-0.2, -0.15) is 0 Å². The topological polar surface area (TPSA) is 199 Å². The molecule has 2 aromatic heterocycles. The molecule has 4 amide bonds. The van der Waals surface area contributed by atoms with Gasteiger partial charge < -0.3 is 58.8 Å². The van der Waals surface area contributed by atoms with Crippen LogP contribution < -0.4 is 10.6 Å². The number of fused-ring (bicyclic) bond motifs is 1. The average molecular weight is 868 g/mol. The number of H-pyrrole nitrogens is 2. The number of amides is 4. The molecular formula is C46H57N7O10. The van der Waals surface area contributed by atoms with E-state index >= 15 is 0 Å². The largest absolute Gasteiger partial charge is 0.453 e. The lowest BCUT2D eigenvalue weighted by atomic mass is 9.99. The molecule has 336 valence electrons. The minimum atomic E-state index is -1.01. The van der Waals surface area contributed by atoms with E-state index in [9.17, 15) is 19.2 Å². The number of alkyl carbamates (subject to hydrolysis) is 2. The first-order valence-corrected chi connectivity index (χ1v) is 21.6. The molecule has 63 heavy (non-hydrogen) atoms. The quantitative estimate of drug-likeness (QED) is 0.134. The highest BCUT2D eigenvalue weighted by molar-refractivity contribution is 5.88. The van der Waals surface area contributed by atoms with Gasteiger partial charge >= 0.3 is 12.2 Å². The van der Waals surface area contributed by atoms with Gasteiger partial charge in [-0.3, -0.25) is 9.59 Å². The number of nitrogens with zero attached hydrogens (tertiary/aromatic N) is 3. The highest BCUT2D eigenvalue weighted by atomic mass is 16.7. The van der Waals surface area contributed by atoms with Crippen molar-refractivity contribution < 1.29 is 47.6 Å². The first-order chi connectivity index (χ1) is 30.5. The van der Waals surface area contributed by atoms with Crippen LogP contribution in [0.5, 0.6) is 0 Å². The fourth-order valence-corrected chi connectivity index (χ4v) is 9.57. The molecule has 4 aromatic rings. The molecule has 0 bridgehead atoms. The number of carbonyl (C=O) groups is 4. The Morgan fingerprint density at radius 3 is 1.87 bits per heavy atom. The molecule has 4 aliphatic rings. The van der Waals surface area contributed by atoms with Gasteiger partial charge in [0.05, 0.1) is 70.2 Å². The van der Waals surface area contributed by atoms with Crippen LogP contribution in [0.15, 0.2) is 54.7 Å². The van der Waals surface area contributed by atoms with Gasteiger partial charge in [-0.1, -0.05) is 48.5 Å². The maximum atomic E-state index is 14.1. The summed E-state index contributed by atoms with van der Waals surface area (Å²) in [7, 11) is 5.53. The normalized spacial score (nSPS) is 20.9. The van der Waals surface area contributed by atoms with Crippen molar-refractivity contribution in [3.63, 3.8) is 0 Å². The highest BCUT2D eigenvalue weighted by Gasteiger charge is 2.53. The molecule has 4 N–H and O–H groups in total. The molecule has 3 saturated heterocycles. The Morgan fingerprint density at radius 2 is 1.29 bits per heavy atom. The third-order valence-corrected chi connectivity index (χ3v) is 13.1. The summed E-state index contributed by atoms with van der Waals surface area (Å²) in [6.45, 7) is 5.06. The number of aromatic nitrogens is 3. The van der Waals surface area contributed by atoms with Crippen molar-refractivity contribution >= 4 is 24.0 Å². The Kier molecular flexibility index (Phi) is 12.9. The molecule has 8 rings (SSSR count). The molecule has 17 heteroatoms. The summed E-state index contributed by atoms with van der Waals surface area (Å²) in [6, 6.07) is 14.2. The van der Waals surface area contributed by atoms with Crippen LogP contribution in [0.2, 0.25) is 0 Å². The van der Waals surface area contributed by atoms with Crippen molar-refractivity contribution in [1.82, 2.24) is 35.4 Å². The Labute approximate surface area is 366 Å². The number of ether oxygens (including phenoxy) is 6. The highest BCUT2D eigenvalue weighted by Crippen LogP contribution is 2.44. The second-order valence-corrected chi connectivity index (χ2v) is 16.7. The monoisotopic (exact) mass is 867 g/mol. The maximum absolute atomic E-state index is 14.1. The fraction of sp³-hybridized carbons (Fsp3) is 0.500. The van der Waals surface area contributed by atoms with Gasteiger partial charge in [0, 0.05) is 38.6 Å². The van der Waals surface area contributed by atoms with E-state index in [0.717, 1.165) is 71.4 Å². The van der Waals surface area contributed by atoms with Gasteiger partial charge in [0.1, 0.15) is 17.9 Å². The number of imidazole rings is 1. The van der Waals surface area contributed by atoms with Crippen LogP contribution in [0.1, 0.15) is 74.3 Å². The number of benzene rings is 2. The molecule has 0 radical (unpaired) electrons. The van der Waals surface area contributed by atoms with E-state index in [2.05, 4.69) is 57.0 Å². The molecule has 2 aromatic carbocycles. The number of rotatable bonds is 13. The van der Waals surface area contributed by atoms with Gasteiger partial charge in [-0.15, -0.1) is 0 Å². The lowest BCUT2D eigenvalue weighted by Gasteiger charge is -2.31. The van der Waals surface area contributed by atoms with E-state index in [0.29, 0.717) is 32.0 Å². The second kappa shape index (κ2) is 18.5. The lowest BCUT2D eigenvalue weighted by molar-refractivity contribution is -0.154. The zero-order chi connectivity index (χ0) is 44.4. The Bertz CT molecular complexity index is 2290. The summed E-state index contributed by atoms with van der Waals surface area (Å²) in [6.07, 6.45) is 4.18. The first-order valence-electron chi connectivity index (χ1n) is 21.6. The molecule has 0 saturated carbocycles. The lowest BCUT2D eigenvalue weighted by Crippen LogP contribution is -2.54. The van der Waals surface area contributed by atoms with Crippen LogP contribution in [0.4, 0.5) is 9.59 Å². The van der Waals surface area contributed by atoms with Crippen molar-refractivity contribution in [2.75, 3.05) is 54.7 Å². The van der Waals surface area contributed by atoms with Crippen LogP contribution >= 0.6 is 0 Å². The van der Waals surface area contributed by atoms with Gasteiger partial charge in [0.2, 0.25) is 11.8 Å². The molecule has 17 nitrogen and oxygen atoms in total. The zero-order valence-corrected chi connectivity index (χ0v) is 36.7. The van der Waals surface area contributed by atoms with Gasteiger partial charge in [0.15, 0.2) is 5.79 Å². The molecule has 1 aliphatic carbocycles. The SMILES string of the molecule is COC(=O)N[C@H](C(=O)N1CC2(C[C@H]1c1ncc(-c3ccc(-c4ccc(-c5[nH]c([C@@H]6CCCN6C(=O)[C@@H](NC(=O)OC)[C@@H](C)OC)c6c5CCC6)cc4)cc3)[nH]1)OCCO2)[C@@H](C)OC. The number of aromatic amines is 2. The summed E-state index contributed by atoms with van der Waals surface area (Å²) in [5, 5.41) is 5.32. The summed E-state index contributed by atoms with van der Waals surface area (Å²) >= 11 is 0. The summed E-state index contributed by atoms with van der Waals surface area (Å²) in [5.41, 5.74) is 9.66. The first kappa shape index (κ1) is 43.9. The molecule has 0 unspecified atom stereocenters. The molecule has 3 fully saturated rings.